The van der Waals surface area contributed by atoms with Crippen LogP contribution >= 0.6 is 0 Å². The van der Waals surface area contributed by atoms with Gasteiger partial charge in [0.05, 0.1) is 4.92 Å². The first-order valence-corrected chi connectivity index (χ1v) is 7.31. The molecule has 2 unspecified atom stereocenters. The molecule has 5 heteroatoms. The van der Waals surface area contributed by atoms with Gasteiger partial charge in [0, 0.05) is 42.5 Å². The van der Waals surface area contributed by atoms with Crippen molar-refractivity contribution in [3.05, 3.63) is 33.9 Å². The molecule has 1 N–H and O–H groups in total. The van der Waals surface area contributed by atoms with E-state index in [-0.39, 0.29) is 10.6 Å². The number of anilines is 1. The van der Waals surface area contributed by atoms with Gasteiger partial charge in [-0.1, -0.05) is 19.9 Å². The topological polar surface area (TPSA) is 58.4 Å². The summed E-state index contributed by atoms with van der Waals surface area (Å²) in [6, 6.07) is 6.43. The summed E-state index contributed by atoms with van der Waals surface area (Å²) in [5.74, 6) is 0. The molecule has 0 radical (unpaired) electrons. The Labute approximate surface area is 120 Å². The third-order valence-corrected chi connectivity index (χ3v) is 4.19. The summed E-state index contributed by atoms with van der Waals surface area (Å²) in [5.41, 5.74) is 1.90. The van der Waals surface area contributed by atoms with Crippen molar-refractivity contribution >= 4 is 11.4 Å². The maximum Gasteiger partial charge on any atom is 0.274 e. The number of nitrogens with one attached hydrogen (secondary N) is 1. The highest BCUT2D eigenvalue weighted by atomic mass is 16.6. The van der Waals surface area contributed by atoms with Gasteiger partial charge in [-0.15, -0.1) is 0 Å². The van der Waals surface area contributed by atoms with Crippen LogP contribution in [0.2, 0.25) is 0 Å². The lowest BCUT2D eigenvalue weighted by Gasteiger charge is -2.41. The van der Waals surface area contributed by atoms with Crippen molar-refractivity contribution in [3.8, 4) is 0 Å². The van der Waals surface area contributed by atoms with E-state index in [0.717, 1.165) is 31.6 Å². The zero-order chi connectivity index (χ0) is 14.7. The summed E-state index contributed by atoms with van der Waals surface area (Å²) < 4.78 is 0. The third-order valence-electron chi connectivity index (χ3n) is 4.19. The lowest BCUT2D eigenvalue weighted by molar-refractivity contribution is -0.385. The third kappa shape index (κ3) is 2.93. The van der Waals surface area contributed by atoms with E-state index in [9.17, 15) is 10.1 Å². The van der Waals surface area contributed by atoms with Crippen molar-refractivity contribution in [3.63, 3.8) is 0 Å². The molecule has 2 atom stereocenters. The minimum Gasteiger partial charge on any atom is -0.366 e. The molecule has 1 aromatic carbocycles. The smallest absolute Gasteiger partial charge is 0.274 e. The zero-order valence-corrected chi connectivity index (χ0v) is 12.4. The van der Waals surface area contributed by atoms with Crippen molar-refractivity contribution in [1.29, 1.82) is 0 Å². The zero-order valence-electron chi connectivity index (χ0n) is 12.4. The summed E-state index contributed by atoms with van der Waals surface area (Å²) >= 11 is 0. The van der Waals surface area contributed by atoms with E-state index in [1.807, 2.05) is 12.1 Å². The minimum absolute atomic E-state index is 0.212. The van der Waals surface area contributed by atoms with Gasteiger partial charge in [-0.25, -0.2) is 0 Å². The highest BCUT2D eigenvalue weighted by molar-refractivity contribution is 5.57. The summed E-state index contributed by atoms with van der Waals surface area (Å²) in [7, 11) is 0. The van der Waals surface area contributed by atoms with E-state index in [1.165, 1.54) is 0 Å². The van der Waals surface area contributed by atoms with Crippen LogP contribution in [0.4, 0.5) is 11.4 Å². The van der Waals surface area contributed by atoms with E-state index in [4.69, 9.17) is 0 Å². The lowest BCUT2D eigenvalue weighted by atomic mass is 10.0. The number of rotatable bonds is 4. The molecule has 0 aromatic heterocycles. The fraction of sp³-hybridized carbons (Fsp3) is 0.600. The van der Waals surface area contributed by atoms with Crippen LogP contribution in [0.1, 0.15) is 32.3 Å². The van der Waals surface area contributed by atoms with Crippen LogP contribution < -0.4 is 10.2 Å². The summed E-state index contributed by atoms with van der Waals surface area (Å²) in [4.78, 5) is 13.1. The predicted molar refractivity (Wildman–Crippen MR) is 81.3 cm³/mol. The Morgan fingerprint density at radius 2 is 2.15 bits per heavy atom. The minimum atomic E-state index is -0.292. The van der Waals surface area contributed by atoms with Crippen molar-refractivity contribution in [2.24, 2.45) is 0 Å². The van der Waals surface area contributed by atoms with Gasteiger partial charge in [-0.3, -0.25) is 10.1 Å². The Morgan fingerprint density at radius 1 is 1.40 bits per heavy atom. The Kier molecular flexibility index (Phi) is 4.60. The SMILES string of the molecule is CCC1CN(c2ccc(C)c([N+](=O)[O-])c2)C(CC)CN1. The molecular formula is C15H23N3O2. The van der Waals surface area contributed by atoms with Crippen molar-refractivity contribution in [2.45, 2.75) is 45.7 Å². The largest absolute Gasteiger partial charge is 0.366 e. The Hall–Kier alpha value is -1.62. The quantitative estimate of drug-likeness (QED) is 0.679. The number of aryl methyl sites for hydroxylation is 1. The van der Waals surface area contributed by atoms with Gasteiger partial charge in [-0.2, -0.15) is 0 Å². The van der Waals surface area contributed by atoms with Crippen LogP contribution in [0, 0.1) is 17.0 Å². The second-order valence-electron chi connectivity index (χ2n) is 5.46. The van der Waals surface area contributed by atoms with Crippen LogP contribution in [-0.2, 0) is 0 Å². The van der Waals surface area contributed by atoms with E-state index in [2.05, 4.69) is 24.1 Å². The van der Waals surface area contributed by atoms with Gasteiger partial charge in [0.25, 0.3) is 5.69 Å². The predicted octanol–water partition coefficient (Wildman–Crippen LogP) is 2.87. The second kappa shape index (κ2) is 6.22. The van der Waals surface area contributed by atoms with Gasteiger partial charge in [-0.05, 0) is 25.8 Å². The monoisotopic (exact) mass is 277 g/mol. The van der Waals surface area contributed by atoms with Crippen LogP contribution in [0.25, 0.3) is 0 Å². The number of piperazine rings is 1. The number of hydrogen-bond acceptors (Lipinski definition) is 4. The van der Waals surface area contributed by atoms with Crippen molar-refractivity contribution in [1.82, 2.24) is 5.32 Å². The molecular weight excluding hydrogens is 254 g/mol. The van der Waals surface area contributed by atoms with Gasteiger partial charge in [0.2, 0.25) is 0 Å². The van der Waals surface area contributed by atoms with Crippen molar-refractivity contribution < 1.29 is 4.92 Å². The summed E-state index contributed by atoms with van der Waals surface area (Å²) in [5, 5.41) is 14.6. The van der Waals surface area contributed by atoms with Crippen molar-refractivity contribution in [2.75, 3.05) is 18.0 Å². The summed E-state index contributed by atoms with van der Waals surface area (Å²) in [6.07, 6.45) is 2.10. The molecule has 0 spiro atoms. The lowest BCUT2D eigenvalue weighted by Crippen LogP contribution is -2.56. The highest BCUT2D eigenvalue weighted by Crippen LogP contribution is 2.28. The van der Waals surface area contributed by atoms with E-state index < -0.39 is 0 Å². The average Bonchev–Trinajstić information content (AvgIpc) is 2.46. The number of nitro benzene ring substituents is 1. The first-order chi connectivity index (χ1) is 9.56. The fourth-order valence-corrected chi connectivity index (χ4v) is 2.79. The molecule has 5 nitrogen and oxygen atoms in total. The fourth-order valence-electron chi connectivity index (χ4n) is 2.79. The highest BCUT2D eigenvalue weighted by Gasteiger charge is 2.27. The molecule has 1 aliphatic rings. The molecule has 1 saturated heterocycles. The molecule has 1 heterocycles. The molecule has 0 amide bonds. The molecule has 2 rings (SSSR count). The van der Waals surface area contributed by atoms with E-state index in [0.29, 0.717) is 17.6 Å². The number of nitro groups is 1. The van der Waals surface area contributed by atoms with Gasteiger partial charge in [0.15, 0.2) is 0 Å². The Bertz CT molecular complexity index is 490. The number of benzene rings is 1. The maximum absolute atomic E-state index is 11.1. The second-order valence-corrected chi connectivity index (χ2v) is 5.46. The number of hydrogen-bond donors (Lipinski definition) is 1. The standard InChI is InChI=1S/C15H23N3O2/c1-4-12-10-17(13(5-2)9-16-12)14-7-6-11(3)15(8-14)18(19)20/h6-8,12-13,16H,4-5,9-10H2,1-3H3. The maximum atomic E-state index is 11.1. The molecule has 0 aliphatic carbocycles. The molecule has 110 valence electrons. The van der Waals surface area contributed by atoms with Crippen LogP contribution in [-0.4, -0.2) is 30.1 Å². The number of nitrogens with zero attached hydrogens (tertiary/aromatic N) is 2. The normalized spacial score (nSPS) is 22.9. The first-order valence-electron chi connectivity index (χ1n) is 7.31. The van der Waals surface area contributed by atoms with Crippen LogP contribution in [0.5, 0.6) is 0 Å². The first kappa shape index (κ1) is 14.8. The Balaban J connectivity index is 2.31. The average molecular weight is 277 g/mol. The van der Waals surface area contributed by atoms with Gasteiger partial charge < -0.3 is 10.2 Å². The molecule has 20 heavy (non-hydrogen) atoms. The summed E-state index contributed by atoms with van der Waals surface area (Å²) in [6.45, 7) is 7.96. The van der Waals surface area contributed by atoms with E-state index in [1.54, 1.807) is 13.0 Å². The van der Waals surface area contributed by atoms with Gasteiger partial charge >= 0.3 is 0 Å². The molecule has 1 fully saturated rings. The molecule has 0 saturated carbocycles. The Morgan fingerprint density at radius 3 is 2.75 bits per heavy atom. The van der Waals surface area contributed by atoms with Crippen LogP contribution in [0.15, 0.2) is 18.2 Å². The molecule has 0 bridgehead atoms. The van der Waals surface area contributed by atoms with Gasteiger partial charge in [0.1, 0.15) is 0 Å². The van der Waals surface area contributed by atoms with E-state index >= 15 is 0 Å². The molecule has 1 aromatic rings. The van der Waals surface area contributed by atoms with Crippen LogP contribution in [0.3, 0.4) is 0 Å². The molecule has 1 aliphatic heterocycles.